The molecule has 34 heavy (non-hydrogen) atoms. The van der Waals surface area contributed by atoms with Crippen molar-refractivity contribution in [1.82, 2.24) is 10.2 Å². The van der Waals surface area contributed by atoms with Gasteiger partial charge in [-0.3, -0.25) is 13.9 Å². The van der Waals surface area contributed by atoms with Gasteiger partial charge in [-0.2, -0.15) is 0 Å². The normalized spacial score (nSPS) is 12.2. The van der Waals surface area contributed by atoms with Gasteiger partial charge in [0.15, 0.2) is 0 Å². The maximum Gasteiger partial charge on any atom is 0.242 e. The van der Waals surface area contributed by atoms with Crippen molar-refractivity contribution in [2.75, 3.05) is 24.2 Å². The Morgan fingerprint density at radius 2 is 1.74 bits per heavy atom. The Labute approximate surface area is 204 Å². The summed E-state index contributed by atoms with van der Waals surface area (Å²) in [5.74, 6) is -0.386. The topological polar surface area (TPSA) is 86.8 Å². The van der Waals surface area contributed by atoms with Gasteiger partial charge in [-0.1, -0.05) is 48.9 Å². The first-order valence-electron chi connectivity index (χ1n) is 11.6. The molecule has 186 valence electrons. The Bertz CT molecular complexity index is 1110. The van der Waals surface area contributed by atoms with Crippen LogP contribution in [0.3, 0.4) is 0 Å². The minimum Gasteiger partial charge on any atom is -0.357 e. The molecule has 0 saturated heterocycles. The van der Waals surface area contributed by atoms with Crippen LogP contribution in [0.1, 0.15) is 48.4 Å². The van der Waals surface area contributed by atoms with Crippen molar-refractivity contribution in [3.63, 3.8) is 0 Å². The van der Waals surface area contributed by atoms with Gasteiger partial charge in [0.25, 0.3) is 0 Å². The molecule has 2 rings (SSSR count). The zero-order chi connectivity index (χ0) is 25.5. The quantitative estimate of drug-likeness (QED) is 0.523. The lowest BCUT2D eigenvalue weighted by Gasteiger charge is -2.31. The molecule has 2 aromatic carbocycles. The van der Waals surface area contributed by atoms with Gasteiger partial charge >= 0.3 is 0 Å². The minimum absolute atomic E-state index is 0.135. The van der Waals surface area contributed by atoms with Gasteiger partial charge in [-0.05, 0) is 56.4 Å². The highest BCUT2D eigenvalue weighted by Crippen LogP contribution is 2.25. The van der Waals surface area contributed by atoms with Crippen LogP contribution in [-0.4, -0.2) is 51.0 Å². The van der Waals surface area contributed by atoms with Crippen molar-refractivity contribution >= 4 is 27.5 Å². The van der Waals surface area contributed by atoms with Crippen molar-refractivity contribution in [3.05, 3.63) is 64.7 Å². The first-order chi connectivity index (χ1) is 16.0. The van der Waals surface area contributed by atoms with Gasteiger partial charge in [0.05, 0.1) is 11.9 Å². The van der Waals surface area contributed by atoms with Gasteiger partial charge < -0.3 is 10.2 Å². The SMILES string of the molecule is CCC(C(=O)NC)N(Cc1cccc(C)c1)C(=O)CCCN(c1cccc(C)c1C)S(C)(=O)=O. The van der Waals surface area contributed by atoms with Crippen molar-refractivity contribution in [2.45, 2.75) is 59.5 Å². The van der Waals surface area contributed by atoms with E-state index in [1.807, 2.05) is 64.1 Å². The van der Waals surface area contributed by atoms with E-state index in [0.29, 0.717) is 25.1 Å². The van der Waals surface area contributed by atoms with Gasteiger partial charge in [0.2, 0.25) is 21.8 Å². The van der Waals surface area contributed by atoms with Crippen LogP contribution in [-0.2, 0) is 26.2 Å². The maximum absolute atomic E-state index is 13.3. The molecule has 0 heterocycles. The zero-order valence-corrected chi connectivity index (χ0v) is 21.9. The second-order valence-electron chi connectivity index (χ2n) is 8.71. The third-order valence-corrected chi connectivity index (χ3v) is 7.24. The average molecular weight is 488 g/mol. The predicted octanol–water partition coefficient (Wildman–Crippen LogP) is 3.71. The highest BCUT2D eigenvalue weighted by atomic mass is 32.2. The molecule has 1 unspecified atom stereocenters. The molecule has 0 spiro atoms. The Hall–Kier alpha value is -2.87. The zero-order valence-electron chi connectivity index (χ0n) is 21.1. The number of anilines is 1. The van der Waals surface area contributed by atoms with E-state index in [1.165, 1.54) is 10.6 Å². The number of nitrogens with one attached hydrogen (secondary N) is 1. The first kappa shape index (κ1) is 27.4. The summed E-state index contributed by atoms with van der Waals surface area (Å²) >= 11 is 0. The summed E-state index contributed by atoms with van der Waals surface area (Å²) in [5, 5.41) is 2.66. The summed E-state index contributed by atoms with van der Waals surface area (Å²) in [6.45, 7) is 8.20. The molecule has 0 aliphatic heterocycles. The van der Waals surface area contributed by atoms with Crippen molar-refractivity contribution in [1.29, 1.82) is 0 Å². The van der Waals surface area contributed by atoms with Gasteiger partial charge in [-0.25, -0.2) is 8.42 Å². The lowest BCUT2D eigenvalue weighted by atomic mass is 10.1. The van der Waals surface area contributed by atoms with E-state index in [2.05, 4.69) is 5.32 Å². The summed E-state index contributed by atoms with van der Waals surface area (Å²) in [6, 6.07) is 12.8. The van der Waals surface area contributed by atoms with Crippen LogP contribution in [0.25, 0.3) is 0 Å². The molecule has 8 heteroatoms. The molecule has 0 fully saturated rings. The minimum atomic E-state index is -3.52. The summed E-state index contributed by atoms with van der Waals surface area (Å²) in [6.07, 6.45) is 2.14. The van der Waals surface area contributed by atoms with Crippen LogP contribution in [0.5, 0.6) is 0 Å². The standard InChI is InChI=1S/C26H37N3O4S/c1-7-23(26(31)27-5)28(18-22-13-8-11-19(2)17-22)25(30)15-10-16-29(34(6,32)33)24-14-9-12-20(3)21(24)4/h8-9,11-14,17,23H,7,10,15-16,18H2,1-6H3,(H,27,31). The molecule has 0 bridgehead atoms. The number of amides is 2. The average Bonchev–Trinajstić information content (AvgIpc) is 2.77. The van der Waals surface area contributed by atoms with Gasteiger partial charge in [-0.15, -0.1) is 0 Å². The van der Waals surface area contributed by atoms with Crippen LogP contribution in [0.4, 0.5) is 5.69 Å². The van der Waals surface area contributed by atoms with E-state index in [0.717, 1.165) is 22.3 Å². The van der Waals surface area contributed by atoms with E-state index in [9.17, 15) is 18.0 Å². The number of carbonyl (C=O) groups excluding carboxylic acids is 2. The van der Waals surface area contributed by atoms with E-state index in [-0.39, 0.29) is 24.8 Å². The highest BCUT2D eigenvalue weighted by molar-refractivity contribution is 7.92. The van der Waals surface area contributed by atoms with Crippen molar-refractivity contribution in [2.24, 2.45) is 0 Å². The Kier molecular flexibility index (Phi) is 9.67. The van der Waals surface area contributed by atoms with E-state index >= 15 is 0 Å². The third-order valence-electron chi connectivity index (χ3n) is 6.06. The summed E-state index contributed by atoms with van der Waals surface area (Å²) < 4.78 is 26.4. The fourth-order valence-corrected chi connectivity index (χ4v) is 5.10. The number of aryl methyl sites for hydroxylation is 2. The molecule has 0 aromatic heterocycles. The fraction of sp³-hybridized carbons (Fsp3) is 0.462. The molecule has 0 aliphatic carbocycles. The first-order valence-corrected chi connectivity index (χ1v) is 13.4. The van der Waals surface area contributed by atoms with E-state index < -0.39 is 16.1 Å². The predicted molar refractivity (Wildman–Crippen MR) is 137 cm³/mol. The van der Waals surface area contributed by atoms with E-state index in [1.54, 1.807) is 18.0 Å². The molecule has 0 radical (unpaired) electrons. The molecule has 0 aliphatic rings. The second kappa shape index (κ2) is 12.0. The molecule has 0 saturated carbocycles. The largest absolute Gasteiger partial charge is 0.357 e. The van der Waals surface area contributed by atoms with Crippen LogP contribution in [0.15, 0.2) is 42.5 Å². The lowest BCUT2D eigenvalue weighted by Crippen LogP contribution is -2.48. The monoisotopic (exact) mass is 487 g/mol. The third kappa shape index (κ3) is 7.06. The Balaban J connectivity index is 2.23. The number of likely N-dealkylation sites (N-methyl/N-ethyl adjacent to an activating group) is 1. The Morgan fingerprint density at radius 3 is 2.32 bits per heavy atom. The number of benzene rings is 2. The van der Waals surface area contributed by atoms with Crippen LogP contribution >= 0.6 is 0 Å². The summed E-state index contributed by atoms with van der Waals surface area (Å²) in [7, 11) is -1.96. The summed E-state index contributed by atoms with van der Waals surface area (Å²) in [4.78, 5) is 27.4. The van der Waals surface area contributed by atoms with Crippen LogP contribution in [0.2, 0.25) is 0 Å². The number of sulfonamides is 1. The van der Waals surface area contributed by atoms with Crippen molar-refractivity contribution in [3.8, 4) is 0 Å². The molecular weight excluding hydrogens is 450 g/mol. The highest BCUT2D eigenvalue weighted by Gasteiger charge is 2.28. The fourth-order valence-electron chi connectivity index (χ4n) is 4.08. The maximum atomic E-state index is 13.3. The Morgan fingerprint density at radius 1 is 1.06 bits per heavy atom. The number of rotatable bonds is 11. The molecule has 2 aromatic rings. The number of nitrogens with zero attached hydrogens (tertiary/aromatic N) is 2. The van der Waals surface area contributed by atoms with Crippen molar-refractivity contribution < 1.29 is 18.0 Å². The van der Waals surface area contributed by atoms with Crippen LogP contribution < -0.4 is 9.62 Å². The second-order valence-corrected chi connectivity index (χ2v) is 10.6. The number of hydrogen-bond acceptors (Lipinski definition) is 4. The molecule has 1 N–H and O–H groups in total. The molecule has 7 nitrogen and oxygen atoms in total. The molecule has 2 amide bonds. The van der Waals surface area contributed by atoms with Gasteiger partial charge in [0.1, 0.15) is 6.04 Å². The molecular formula is C26H37N3O4S. The molecule has 1 atom stereocenters. The van der Waals surface area contributed by atoms with E-state index in [4.69, 9.17) is 0 Å². The number of carbonyl (C=O) groups is 2. The summed E-state index contributed by atoms with van der Waals surface area (Å²) in [5.41, 5.74) is 4.55. The van der Waals surface area contributed by atoms with Crippen LogP contribution in [0, 0.1) is 20.8 Å². The van der Waals surface area contributed by atoms with Gasteiger partial charge in [0, 0.05) is 26.6 Å². The lowest BCUT2D eigenvalue weighted by molar-refractivity contribution is -0.141. The smallest absolute Gasteiger partial charge is 0.242 e. The number of hydrogen-bond donors (Lipinski definition) is 1.